The van der Waals surface area contributed by atoms with Crippen LogP contribution in [0.4, 0.5) is 4.79 Å². The van der Waals surface area contributed by atoms with Gasteiger partial charge in [0.25, 0.3) is 0 Å². The largest absolute Gasteiger partial charge is 0.444 e. The van der Waals surface area contributed by atoms with Gasteiger partial charge in [-0.15, -0.1) is 5.10 Å². The maximum Gasteiger partial charge on any atom is 0.411 e. The molecule has 1 aliphatic carbocycles. The predicted octanol–water partition coefficient (Wildman–Crippen LogP) is 1.97. The lowest BCUT2D eigenvalue weighted by Crippen LogP contribution is -2.48. The lowest BCUT2D eigenvalue weighted by molar-refractivity contribution is -0.117. The lowest BCUT2D eigenvalue weighted by atomic mass is 9.99. The highest BCUT2D eigenvalue weighted by Crippen LogP contribution is 2.31. The molecule has 0 bridgehead atoms. The van der Waals surface area contributed by atoms with Gasteiger partial charge in [-0.3, -0.25) is 9.58 Å². The van der Waals surface area contributed by atoms with E-state index in [4.69, 9.17) is 4.74 Å². The number of aldehydes is 1. The summed E-state index contributed by atoms with van der Waals surface area (Å²) in [6.45, 7) is 7.78. The average molecular weight is 308 g/mol. The van der Waals surface area contributed by atoms with Crippen molar-refractivity contribution >= 4 is 12.4 Å². The first-order valence-corrected chi connectivity index (χ1v) is 7.49. The van der Waals surface area contributed by atoms with Crippen LogP contribution in [0.1, 0.15) is 46.2 Å². The van der Waals surface area contributed by atoms with Gasteiger partial charge in [0.2, 0.25) is 0 Å². The fraction of sp³-hybridized carbons (Fsp3) is 0.733. The second-order valence-electron chi connectivity index (χ2n) is 7.07. The normalized spacial score (nSPS) is 17.7. The Morgan fingerprint density at radius 2 is 2.09 bits per heavy atom. The molecule has 1 unspecified atom stereocenters. The van der Waals surface area contributed by atoms with Crippen LogP contribution in [-0.4, -0.2) is 44.9 Å². The second kappa shape index (κ2) is 5.70. The van der Waals surface area contributed by atoms with Gasteiger partial charge in [0.05, 0.1) is 6.20 Å². The Hall–Kier alpha value is -1.92. The molecular weight excluding hydrogens is 284 g/mol. The van der Waals surface area contributed by atoms with Crippen molar-refractivity contribution in [2.24, 2.45) is 5.92 Å². The first-order chi connectivity index (χ1) is 10.2. The maximum absolute atomic E-state index is 12.2. The Morgan fingerprint density at radius 3 is 2.59 bits per heavy atom. The highest BCUT2D eigenvalue weighted by atomic mass is 16.6. The summed E-state index contributed by atoms with van der Waals surface area (Å²) in [4.78, 5) is 25.1. The van der Waals surface area contributed by atoms with Crippen molar-refractivity contribution < 1.29 is 14.3 Å². The Kier molecular flexibility index (Phi) is 4.26. The van der Waals surface area contributed by atoms with Gasteiger partial charge in [0, 0.05) is 13.6 Å². The third-order valence-electron chi connectivity index (χ3n) is 3.79. The Bertz CT molecular complexity index is 559. The molecule has 1 aromatic heterocycles. The van der Waals surface area contributed by atoms with Crippen molar-refractivity contribution in [2.75, 3.05) is 7.05 Å². The maximum atomic E-state index is 12.2. The number of carbonyl (C=O) groups is 2. The molecule has 122 valence electrons. The predicted molar refractivity (Wildman–Crippen MR) is 80.2 cm³/mol. The van der Waals surface area contributed by atoms with E-state index in [0.717, 1.165) is 6.54 Å². The molecule has 1 atom stereocenters. The summed E-state index contributed by atoms with van der Waals surface area (Å²) in [5, 5.41) is 8.13. The van der Waals surface area contributed by atoms with E-state index in [0.29, 0.717) is 17.9 Å². The van der Waals surface area contributed by atoms with Gasteiger partial charge in [0.15, 0.2) is 6.29 Å². The summed E-state index contributed by atoms with van der Waals surface area (Å²) in [5.74, 6) is 0.653. The van der Waals surface area contributed by atoms with Crippen molar-refractivity contribution in [1.82, 2.24) is 19.9 Å². The molecule has 7 nitrogen and oxygen atoms in total. The fourth-order valence-corrected chi connectivity index (χ4v) is 2.02. The summed E-state index contributed by atoms with van der Waals surface area (Å²) in [6, 6.07) is 0. The third kappa shape index (κ3) is 3.64. The molecule has 0 spiro atoms. The summed E-state index contributed by atoms with van der Waals surface area (Å²) < 4.78 is 7.06. The molecule has 0 saturated heterocycles. The van der Waals surface area contributed by atoms with Crippen LogP contribution in [0.15, 0.2) is 6.20 Å². The summed E-state index contributed by atoms with van der Waals surface area (Å²) >= 11 is 0. The quantitative estimate of drug-likeness (QED) is 0.777. The molecule has 22 heavy (non-hydrogen) atoms. The van der Waals surface area contributed by atoms with Crippen LogP contribution >= 0.6 is 0 Å². The molecule has 1 fully saturated rings. The number of rotatable bonds is 5. The second-order valence-corrected chi connectivity index (χ2v) is 7.07. The minimum atomic E-state index is -1.20. The lowest BCUT2D eigenvalue weighted by Gasteiger charge is -2.33. The molecule has 1 saturated carbocycles. The van der Waals surface area contributed by atoms with Gasteiger partial charge in [-0.25, -0.2) is 4.79 Å². The van der Waals surface area contributed by atoms with Crippen molar-refractivity contribution in [2.45, 2.75) is 58.2 Å². The van der Waals surface area contributed by atoms with Crippen LogP contribution in [0, 0.1) is 5.92 Å². The van der Waals surface area contributed by atoms with Crippen LogP contribution in [0.25, 0.3) is 0 Å². The van der Waals surface area contributed by atoms with Gasteiger partial charge in [-0.1, -0.05) is 5.21 Å². The first kappa shape index (κ1) is 16.5. The Labute approximate surface area is 130 Å². The Morgan fingerprint density at radius 1 is 1.45 bits per heavy atom. The molecule has 0 aromatic carbocycles. The van der Waals surface area contributed by atoms with E-state index in [1.165, 1.54) is 24.8 Å². The number of carbonyl (C=O) groups excluding carboxylic acids is 2. The highest BCUT2D eigenvalue weighted by Gasteiger charge is 2.39. The minimum Gasteiger partial charge on any atom is -0.444 e. The SMILES string of the molecule is CN(C(=O)OC(C)(C)C)C(C)(C=O)c1cn(CC2CC2)nn1. The standard InChI is InChI=1S/C15H24N4O3/c1-14(2,3)22-13(21)18(5)15(4,10-20)12-9-19(17-16-12)8-11-6-7-11/h9-11H,6-8H2,1-5H3. The van der Waals surface area contributed by atoms with Crippen LogP contribution in [-0.2, 0) is 21.6 Å². The molecular formula is C15H24N4O3. The van der Waals surface area contributed by atoms with E-state index >= 15 is 0 Å². The molecule has 1 aliphatic rings. The van der Waals surface area contributed by atoms with Gasteiger partial charge < -0.3 is 9.53 Å². The van der Waals surface area contributed by atoms with Gasteiger partial charge >= 0.3 is 6.09 Å². The van der Waals surface area contributed by atoms with Crippen molar-refractivity contribution in [3.05, 3.63) is 11.9 Å². The molecule has 0 radical (unpaired) electrons. The molecule has 2 rings (SSSR count). The zero-order chi connectivity index (χ0) is 16.5. The van der Waals surface area contributed by atoms with Crippen LogP contribution in [0.5, 0.6) is 0 Å². The van der Waals surface area contributed by atoms with Crippen molar-refractivity contribution in [3.8, 4) is 0 Å². The van der Waals surface area contributed by atoms with E-state index in [9.17, 15) is 9.59 Å². The van der Waals surface area contributed by atoms with Crippen molar-refractivity contribution in [3.63, 3.8) is 0 Å². The van der Waals surface area contributed by atoms with Crippen LogP contribution < -0.4 is 0 Å². The van der Waals surface area contributed by atoms with Crippen LogP contribution in [0.2, 0.25) is 0 Å². The van der Waals surface area contributed by atoms with E-state index < -0.39 is 17.2 Å². The smallest absolute Gasteiger partial charge is 0.411 e. The molecule has 0 aliphatic heterocycles. The average Bonchev–Trinajstić information content (AvgIpc) is 3.10. The van der Waals surface area contributed by atoms with Gasteiger partial charge in [-0.05, 0) is 46.5 Å². The summed E-state index contributed by atoms with van der Waals surface area (Å²) in [6.07, 6.45) is 4.27. The highest BCUT2D eigenvalue weighted by molar-refractivity contribution is 5.77. The molecule has 1 aromatic rings. The molecule has 1 heterocycles. The molecule has 1 amide bonds. The fourth-order valence-electron chi connectivity index (χ4n) is 2.02. The molecule has 7 heteroatoms. The topological polar surface area (TPSA) is 77.3 Å². The number of amides is 1. The van der Waals surface area contributed by atoms with Gasteiger partial charge in [0.1, 0.15) is 16.8 Å². The monoisotopic (exact) mass is 308 g/mol. The van der Waals surface area contributed by atoms with Crippen LogP contribution in [0.3, 0.4) is 0 Å². The first-order valence-electron chi connectivity index (χ1n) is 7.49. The number of ether oxygens (including phenoxy) is 1. The minimum absolute atomic E-state index is 0.441. The van der Waals surface area contributed by atoms with E-state index in [2.05, 4.69) is 10.3 Å². The molecule has 0 N–H and O–H groups in total. The number of aromatic nitrogens is 3. The van der Waals surface area contributed by atoms with Gasteiger partial charge in [-0.2, -0.15) is 0 Å². The van der Waals surface area contributed by atoms with Crippen molar-refractivity contribution in [1.29, 1.82) is 0 Å². The van der Waals surface area contributed by atoms with E-state index in [1.807, 2.05) is 0 Å². The summed E-state index contributed by atoms with van der Waals surface area (Å²) in [7, 11) is 1.53. The number of nitrogens with zero attached hydrogens (tertiary/aromatic N) is 4. The number of hydrogen-bond donors (Lipinski definition) is 0. The van der Waals surface area contributed by atoms with E-state index in [1.54, 1.807) is 38.6 Å². The zero-order valence-electron chi connectivity index (χ0n) is 13.9. The Balaban J connectivity index is 2.17. The zero-order valence-corrected chi connectivity index (χ0v) is 13.9. The number of likely N-dealkylation sites (N-methyl/N-ethyl adjacent to an activating group) is 1. The third-order valence-corrected chi connectivity index (χ3v) is 3.79. The summed E-state index contributed by atoms with van der Waals surface area (Å²) in [5.41, 5.74) is -1.39. The van der Waals surface area contributed by atoms with E-state index in [-0.39, 0.29) is 0 Å². The number of hydrogen-bond acceptors (Lipinski definition) is 5.